The maximum absolute atomic E-state index is 13.1. The minimum atomic E-state index is 0.0217. The van der Waals surface area contributed by atoms with Crippen molar-refractivity contribution in [2.45, 2.75) is 184 Å². The average Bonchev–Trinajstić information content (AvgIpc) is 3.38. The summed E-state index contributed by atoms with van der Waals surface area (Å²) in [6.07, 6.45) is 10.7. The van der Waals surface area contributed by atoms with E-state index in [1.807, 2.05) is 6.92 Å². The van der Waals surface area contributed by atoms with Crippen molar-refractivity contribution >= 4 is 24.0 Å². The highest BCUT2D eigenvalue weighted by Gasteiger charge is 2.47. The number of carbonyl (C=O) groups is 2. The first kappa shape index (κ1) is 46.4. The zero-order valence-corrected chi connectivity index (χ0v) is 36.4. The Morgan fingerprint density at radius 3 is 2.27 bits per heavy atom. The maximum Gasteiger partial charge on any atom is 0.143 e. The van der Waals surface area contributed by atoms with Crippen LogP contribution in [0, 0.1) is 40.9 Å². The SMILES string of the molecule is C=C(C)CN=C([C@H](C)CCB(CC)[C@H](CC1OC(C)CC(N(C)C)[C@H]1CCC(C)=O)C(C)C(C)C(C)C(=O)CC)[C@H](C)[C@H]1OC(=C)C[C@]1(C)CCC. The van der Waals surface area contributed by atoms with E-state index in [0.717, 1.165) is 68.9 Å². The van der Waals surface area contributed by atoms with Crippen molar-refractivity contribution in [3.8, 4) is 0 Å². The highest BCUT2D eigenvalue weighted by atomic mass is 16.5. The number of Topliss-reactive ketones (excluding diaryl/α,β-unsaturated/α-hetero) is 2. The average molecular weight is 725 g/mol. The Hall–Kier alpha value is -1.73. The van der Waals surface area contributed by atoms with Gasteiger partial charge in [-0.1, -0.05) is 112 Å². The zero-order chi connectivity index (χ0) is 39.5. The second-order valence-electron chi connectivity index (χ2n) is 18.2. The quantitative estimate of drug-likeness (QED) is 0.0596. The van der Waals surface area contributed by atoms with Crippen molar-refractivity contribution < 1.29 is 19.1 Å². The lowest BCUT2D eigenvalue weighted by molar-refractivity contribution is -0.124. The van der Waals surface area contributed by atoms with Crippen LogP contribution in [-0.4, -0.2) is 73.9 Å². The molecule has 0 aliphatic carbocycles. The topological polar surface area (TPSA) is 68.2 Å². The second-order valence-corrected chi connectivity index (χ2v) is 18.2. The standard InChI is InChI=1S/C45H81BN2O4/c1-17-23-45(14)27-33(9)52-44(45)37(13)43(47-28-29(4)5)30(6)22-24-46(19-3)39(35(11)34(10)36(12)41(50)18-2)26-42-38(21-20-31(7)49)40(48(15)16)25-32(8)51-42/h30,32,34-40,42,44H,4,9,17-28H2,1-3,5-8,10-16H3/t30-,32?,34?,35?,36?,37+,38-,39-,40?,42?,44-,45+/m1/s1. The van der Waals surface area contributed by atoms with E-state index in [2.05, 4.69) is 101 Å². The normalized spacial score (nSPS) is 28.9. The van der Waals surface area contributed by atoms with Crippen LogP contribution in [0.15, 0.2) is 29.5 Å². The fraction of sp³-hybridized carbons (Fsp3) is 0.844. The first-order chi connectivity index (χ1) is 24.3. The molecule has 0 aromatic heterocycles. The molecule has 12 atom stereocenters. The highest BCUT2D eigenvalue weighted by molar-refractivity contribution is 6.60. The van der Waals surface area contributed by atoms with Gasteiger partial charge in [-0.05, 0) is 78.3 Å². The summed E-state index contributed by atoms with van der Waals surface area (Å²) < 4.78 is 13.4. The van der Waals surface area contributed by atoms with Gasteiger partial charge in [0.1, 0.15) is 24.4 Å². The van der Waals surface area contributed by atoms with E-state index in [-0.39, 0.29) is 47.3 Å². The van der Waals surface area contributed by atoms with E-state index in [1.54, 1.807) is 6.92 Å². The Kier molecular flexibility index (Phi) is 19.1. The molecule has 298 valence electrons. The number of ketones is 2. The summed E-state index contributed by atoms with van der Waals surface area (Å²) in [5.74, 6) is 3.32. The van der Waals surface area contributed by atoms with E-state index in [9.17, 15) is 9.59 Å². The Balaban J connectivity index is 2.49. The number of carbonyl (C=O) groups excluding carboxylic acids is 2. The Labute approximate surface area is 321 Å². The third-order valence-corrected chi connectivity index (χ3v) is 13.6. The van der Waals surface area contributed by atoms with Crippen molar-refractivity contribution in [1.82, 2.24) is 4.90 Å². The molecule has 0 amide bonds. The molecule has 0 aromatic rings. The van der Waals surface area contributed by atoms with Crippen LogP contribution in [0.4, 0.5) is 0 Å². The lowest BCUT2D eigenvalue weighted by atomic mass is 9.33. The van der Waals surface area contributed by atoms with Gasteiger partial charge in [-0.15, -0.1) is 0 Å². The summed E-state index contributed by atoms with van der Waals surface area (Å²) in [4.78, 5) is 33.0. The number of rotatable bonds is 23. The molecular weight excluding hydrogens is 643 g/mol. The van der Waals surface area contributed by atoms with Crippen molar-refractivity contribution in [1.29, 1.82) is 0 Å². The molecule has 0 spiro atoms. The van der Waals surface area contributed by atoms with Gasteiger partial charge in [0.15, 0.2) is 0 Å². The number of aliphatic imine (C=N–C) groups is 1. The lowest BCUT2D eigenvalue weighted by Crippen LogP contribution is -2.51. The Bertz CT molecular complexity index is 1200. The minimum absolute atomic E-state index is 0.0217. The van der Waals surface area contributed by atoms with Crippen molar-refractivity contribution in [2.24, 2.45) is 45.9 Å². The molecule has 52 heavy (non-hydrogen) atoms. The lowest BCUT2D eigenvalue weighted by Gasteiger charge is -2.47. The van der Waals surface area contributed by atoms with Crippen LogP contribution in [0.25, 0.3) is 0 Å². The predicted octanol–water partition coefficient (Wildman–Crippen LogP) is 11.0. The van der Waals surface area contributed by atoms with Gasteiger partial charge in [0, 0.05) is 54.2 Å². The van der Waals surface area contributed by atoms with E-state index in [4.69, 9.17) is 14.5 Å². The van der Waals surface area contributed by atoms with Gasteiger partial charge in [0.2, 0.25) is 0 Å². The van der Waals surface area contributed by atoms with Crippen LogP contribution >= 0.6 is 0 Å². The molecule has 7 heteroatoms. The molecule has 0 bridgehead atoms. The molecule has 6 unspecified atom stereocenters. The molecule has 2 aliphatic rings. The molecule has 0 radical (unpaired) electrons. The summed E-state index contributed by atoms with van der Waals surface area (Å²) in [5, 5.41) is 0. The molecule has 2 heterocycles. The summed E-state index contributed by atoms with van der Waals surface area (Å²) >= 11 is 0. The largest absolute Gasteiger partial charge is 0.494 e. The summed E-state index contributed by atoms with van der Waals surface area (Å²) in [6.45, 7) is 36.1. The summed E-state index contributed by atoms with van der Waals surface area (Å²) in [6, 6.07) is 0.378. The molecule has 2 aliphatic heterocycles. The number of hydrogen-bond donors (Lipinski definition) is 0. The summed E-state index contributed by atoms with van der Waals surface area (Å²) in [7, 11) is 4.37. The Morgan fingerprint density at radius 2 is 1.73 bits per heavy atom. The van der Waals surface area contributed by atoms with Gasteiger partial charge < -0.3 is 19.2 Å². The van der Waals surface area contributed by atoms with E-state index < -0.39 is 0 Å². The Morgan fingerprint density at radius 1 is 1.08 bits per heavy atom. The molecule has 2 saturated heterocycles. The van der Waals surface area contributed by atoms with Crippen LogP contribution in [0.2, 0.25) is 18.5 Å². The van der Waals surface area contributed by atoms with Gasteiger partial charge in [0.25, 0.3) is 0 Å². The number of nitrogens with zero attached hydrogens (tertiary/aromatic N) is 2. The second kappa shape index (κ2) is 21.4. The molecule has 6 nitrogen and oxygen atoms in total. The van der Waals surface area contributed by atoms with Crippen LogP contribution in [-0.2, 0) is 19.1 Å². The smallest absolute Gasteiger partial charge is 0.143 e. The van der Waals surface area contributed by atoms with Crippen LogP contribution in [0.3, 0.4) is 0 Å². The third-order valence-electron chi connectivity index (χ3n) is 13.6. The maximum atomic E-state index is 13.1. The molecule has 0 aromatic carbocycles. The number of hydrogen-bond acceptors (Lipinski definition) is 6. The predicted molar refractivity (Wildman–Crippen MR) is 224 cm³/mol. The monoisotopic (exact) mass is 725 g/mol. The van der Waals surface area contributed by atoms with Crippen molar-refractivity contribution in [3.05, 3.63) is 24.5 Å². The fourth-order valence-electron chi connectivity index (χ4n) is 10.2. The molecule has 0 N–H and O–H groups in total. The first-order valence-electron chi connectivity index (χ1n) is 21.2. The van der Waals surface area contributed by atoms with Crippen molar-refractivity contribution in [2.75, 3.05) is 20.6 Å². The zero-order valence-electron chi connectivity index (χ0n) is 36.4. The van der Waals surface area contributed by atoms with Crippen LogP contribution in [0.5, 0.6) is 0 Å². The molecule has 0 saturated carbocycles. The third kappa shape index (κ3) is 12.7. The van der Waals surface area contributed by atoms with E-state index in [0.29, 0.717) is 61.5 Å². The van der Waals surface area contributed by atoms with Crippen LogP contribution in [0.1, 0.15) is 141 Å². The van der Waals surface area contributed by atoms with E-state index in [1.165, 1.54) is 5.71 Å². The molecule has 2 fully saturated rings. The minimum Gasteiger partial charge on any atom is -0.494 e. The van der Waals surface area contributed by atoms with Gasteiger partial charge in [0.05, 0.1) is 24.5 Å². The molecule has 2 rings (SSSR count). The van der Waals surface area contributed by atoms with Crippen LogP contribution < -0.4 is 0 Å². The van der Waals surface area contributed by atoms with Gasteiger partial charge in [-0.2, -0.15) is 0 Å². The highest BCUT2D eigenvalue weighted by Crippen LogP contribution is 2.48. The van der Waals surface area contributed by atoms with Gasteiger partial charge in [-0.25, -0.2) is 0 Å². The van der Waals surface area contributed by atoms with Gasteiger partial charge >= 0.3 is 0 Å². The van der Waals surface area contributed by atoms with E-state index >= 15 is 0 Å². The summed E-state index contributed by atoms with van der Waals surface area (Å²) in [5.41, 5.74) is 2.39. The first-order valence-corrected chi connectivity index (χ1v) is 21.2. The molecular formula is C45H81BN2O4. The van der Waals surface area contributed by atoms with Crippen molar-refractivity contribution in [3.63, 3.8) is 0 Å². The fourth-order valence-corrected chi connectivity index (χ4v) is 10.2. The number of allylic oxidation sites excluding steroid dienone is 1. The number of ether oxygens (including phenoxy) is 2. The van der Waals surface area contributed by atoms with Gasteiger partial charge in [-0.3, -0.25) is 9.79 Å².